The zero-order chi connectivity index (χ0) is 8.59. The summed E-state index contributed by atoms with van der Waals surface area (Å²) in [4.78, 5) is 11.0. The van der Waals surface area contributed by atoms with Crippen molar-refractivity contribution in [1.82, 2.24) is 0 Å². The Hall–Kier alpha value is -0.670. The van der Waals surface area contributed by atoms with E-state index in [1.807, 2.05) is 6.92 Å². The van der Waals surface area contributed by atoms with Crippen LogP contribution in [0.25, 0.3) is 0 Å². The van der Waals surface area contributed by atoms with Gasteiger partial charge in [0.1, 0.15) is 12.2 Å². The molecule has 0 aromatic rings. The Kier molecular flexibility index (Phi) is 2.11. The first-order valence-corrected chi connectivity index (χ1v) is 3.69. The summed E-state index contributed by atoms with van der Waals surface area (Å²) in [6.45, 7) is 3.49. The van der Waals surface area contributed by atoms with E-state index >= 15 is 0 Å². The lowest BCUT2D eigenvalue weighted by molar-refractivity contribution is -0.125. The highest BCUT2D eigenvalue weighted by molar-refractivity contribution is 6.02. The molecule has 0 radical (unpaired) electrons. The second-order valence-electron chi connectivity index (χ2n) is 2.76. The zero-order valence-electron chi connectivity index (χ0n) is 6.66. The molecule has 0 amide bonds. The van der Waals surface area contributed by atoms with Crippen molar-refractivity contribution in [2.45, 2.75) is 32.5 Å². The maximum absolute atomic E-state index is 11.0. The number of Topliss-reactive ketones (excluding diaryl/α,β-unsaturated/α-hetero) is 1. The van der Waals surface area contributed by atoms with Crippen molar-refractivity contribution in [3.05, 3.63) is 11.1 Å². The van der Waals surface area contributed by atoms with E-state index in [9.17, 15) is 9.90 Å². The molecule has 0 saturated carbocycles. The number of hydrogen-bond donors (Lipinski definition) is 2. The molecule has 2 N–H and O–H groups in total. The largest absolute Gasteiger partial charge is 0.386 e. The maximum Gasteiger partial charge on any atom is 0.190 e. The minimum Gasteiger partial charge on any atom is -0.386 e. The number of rotatable bonds is 1. The van der Waals surface area contributed by atoms with Crippen LogP contribution in [0.1, 0.15) is 20.3 Å². The molecule has 0 saturated heterocycles. The van der Waals surface area contributed by atoms with E-state index in [2.05, 4.69) is 0 Å². The smallest absolute Gasteiger partial charge is 0.190 e. The molecule has 3 heteroatoms. The molecule has 0 bridgehead atoms. The molecule has 1 aliphatic carbocycles. The van der Waals surface area contributed by atoms with Gasteiger partial charge in [0.15, 0.2) is 5.78 Å². The fraction of sp³-hybridized carbons (Fsp3) is 0.625. The molecule has 3 nitrogen and oxygen atoms in total. The van der Waals surface area contributed by atoms with Crippen molar-refractivity contribution < 1.29 is 15.0 Å². The Morgan fingerprint density at radius 3 is 2.09 bits per heavy atom. The fourth-order valence-electron chi connectivity index (χ4n) is 1.41. The molecule has 0 unspecified atom stereocenters. The van der Waals surface area contributed by atoms with E-state index in [0.29, 0.717) is 17.6 Å². The van der Waals surface area contributed by atoms with Gasteiger partial charge in [0.2, 0.25) is 0 Å². The lowest BCUT2D eigenvalue weighted by atomic mass is 10.1. The monoisotopic (exact) mass is 156 g/mol. The molecule has 0 fully saturated rings. The van der Waals surface area contributed by atoms with Crippen molar-refractivity contribution in [2.24, 2.45) is 0 Å². The van der Waals surface area contributed by atoms with Crippen molar-refractivity contribution in [3.63, 3.8) is 0 Å². The van der Waals surface area contributed by atoms with E-state index in [1.54, 1.807) is 6.92 Å². The van der Waals surface area contributed by atoms with Crippen LogP contribution < -0.4 is 0 Å². The van der Waals surface area contributed by atoms with Crippen LogP contribution in [0, 0.1) is 0 Å². The maximum atomic E-state index is 11.0. The normalized spacial score (nSPS) is 31.8. The van der Waals surface area contributed by atoms with Gasteiger partial charge in [-0.05, 0) is 24.5 Å². The van der Waals surface area contributed by atoms with Crippen LogP contribution >= 0.6 is 0 Å². The standard InChI is InChI=1S/C8H12O3/c1-3-5-4(2)6(9)8(11)7(5)10/h7-8,10-11H,3H2,1-2H3/t7-,8-/m1/s1. The molecule has 62 valence electrons. The van der Waals surface area contributed by atoms with E-state index in [1.165, 1.54) is 0 Å². The summed E-state index contributed by atoms with van der Waals surface area (Å²) < 4.78 is 0. The number of carbonyl (C=O) groups excluding carboxylic acids is 1. The van der Waals surface area contributed by atoms with Crippen LogP contribution in [-0.2, 0) is 4.79 Å². The van der Waals surface area contributed by atoms with E-state index < -0.39 is 12.2 Å². The van der Waals surface area contributed by atoms with Crippen LogP contribution in [0.5, 0.6) is 0 Å². The second-order valence-corrected chi connectivity index (χ2v) is 2.76. The predicted octanol–water partition coefficient (Wildman–Crippen LogP) is 0.0174. The Bertz CT molecular complexity index is 217. The third-order valence-corrected chi connectivity index (χ3v) is 2.16. The Labute approximate surface area is 65.3 Å². The summed E-state index contributed by atoms with van der Waals surface area (Å²) >= 11 is 0. The third kappa shape index (κ3) is 1.10. The topological polar surface area (TPSA) is 57.5 Å². The average molecular weight is 156 g/mol. The molecular formula is C8H12O3. The molecule has 1 aliphatic rings. The average Bonchev–Trinajstić information content (AvgIpc) is 2.17. The van der Waals surface area contributed by atoms with Gasteiger partial charge in [-0.2, -0.15) is 0 Å². The highest BCUT2D eigenvalue weighted by Gasteiger charge is 2.36. The molecule has 0 aromatic heterocycles. The summed E-state index contributed by atoms with van der Waals surface area (Å²) in [5.41, 5.74) is 1.19. The van der Waals surface area contributed by atoms with Gasteiger partial charge in [0.25, 0.3) is 0 Å². The summed E-state index contributed by atoms with van der Waals surface area (Å²) in [7, 11) is 0. The first-order valence-electron chi connectivity index (χ1n) is 3.69. The van der Waals surface area contributed by atoms with Gasteiger partial charge in [-0.15, -0.1) is 0 Å². The highest BCUT2D eigenvalue weighted by atomic mass is 16.3. The van der Waals surface area contributed by atoms with Crippen LogP contribution in [-0.4, -0.2) is 28.2 Å². The fourth-order valence-corrected chi connectivity index (χ4v) is 1.41. The molecule has 0 spiro atoms. The summed E-state index contributed by atoms with van der Waals surface area (Å²) in [5.74, 6) is -0.339. The summed E-state index contributed by atoms with van der Waals surface area (Å²) in [5, 5.41) is 18.4. The molecular weight excluding hydrogens is 144 g/mol. The lowest BCUT2D eigenvalue weighted by Gasteiger charge is -2.08. The highest BCUT2D eigenvalue weighted by Crippen LogP contribution is 2.25. The first-order chi connectivity index (χ1) is 5.09. The Morgan fingerprint density at radius 1 is 1.36 bits per heavy atom. The van der Waals surface area contributed by atoms with Crippen molar-refractivity contribution in [3.8, 4) is 0 Å². The van der Waals surface area contributed by atoms with Crippen molar-refractivity contribution in [2.75, 3.05) is 0 Å². The number of aliphatic hydroxyl groups is 2. The Balaban J connectivity index is 2.98. The van der Waals surface area contributed by atoms with Crippen molar-refractivity contribution >= 4 is 5.78 Å². The molecule has 0 aliphatic heterocycles. The van der Waals surface area contributed by atoms with Gasteiger partial charge in [-0.25, -0.2) is 0 Å². The van der Waals surface area contributed by atoms with Gasteiger partial charge in [-0.1, -0.05) is 6.92 Å². The quantitative estimate of drug-likeness (QED) is 0.562. The molecule has 0 heterocycles. The van der Waals surface area contributed by atoms with Crippen LogP contribution in [0.15, 0.2) is 11.1 Å². The Morgan fingerprint density at radius 2 is 1.91 bits per heavy atom. The van der Waals surface area contributed by atoms with Gasteiger partial charge in [-0.3, -0.25) is 4.79 Å². The van der Waals surface area contributed by atoms with E-state index in [0.717, 1.165) is 0 Å². The van der Waals surface area contributed by atoms with Gasteiger partial charge in [0.05, 0.1) is 0 Å². The van der Waals surface area contributed by atoms with Crippen LogP contribution in [0.2, 0.25) is 0 Å². The molecule has 0 aromatic carbocycles. The van der Waals surface area contributed by atoms with E-state index in [4.69, 9.17) is 5.11 Å². The first kappa shape index (κ1) is 8.43. The SMILES string of the molecule is CCC1=C(C)C(=O)[C@@H](O)[C@@H]1O. The second kappa shape index (κ2) is 2.75. The van der Waals surface area contributed by atoms with E-state index in [-0.39, 0.29) is 5.78 Å². The van der Waals surface area contributed by atoms with Gasteiger partial charge < -0.3 is 10.2 Å². The molecule has 2 atom stereocenters. The number of aliphatic hydroxyl groups excluding tert-OH is 2. The third-order valence-electron chi connectivity index (χ3n) is 2.16. The lowest BCUT2D eigenvalue weighted by Crippen LogP contribution is -2.27. The summed E-state index contributed by atoms with van der Waals surface area (Å²) in [6, 6.07) is 0. The number of hydrogen-bond acceptors (Lipinski definition) is 3. The van der Waals surface area contributed by atoms with Gasteiger partial charge in [0, 0.05) is 0 Å². The zero-order valence-corrected chi connectivity index (χ0v) is 6.66. The number of ketones is 1. The minimum absolute atomic E-state index is 0.339. The predicted molar refractivity (Wildman–Crippen MR) is 40.0 cm³/mol. The molecule has 11 heavy (non-hydrogen) atoms. The number of carbonyl (C=O) groups is 1. The summed E-state index contributed by atoms with van der Waals surface area (Å²) in [6.07, 6.45) is -1.56. The van der Waals surface area contributed by atoms with Crippen LogP contribution in [0.4, 0.5) is 0 Å². The van der Waals surface area contributed by atoms with Gasteiger partial charge >= 0.3 is 0 Å². The minimum atomic E-state index is -1.22. The van der Waals surface area contributed by atoms with Crippen molar-refractivity contribution in [1.29, 1.82) is 0 Å². The van der Waals surface area contributed by atoms with Crippen LogP contribution in [0.3, 0.4) is 0 Å². The molecule has 1 rings (SSSR count).